The number of nitrogens with one attached hydrogen (secondary N) is 1. The van der Waals surface area contributed by atoms with Crippen LogP contribution in [0.1, 0.15) is 12.7 Å². The van der Waals surface area contributed by atoms with Crippen LogP contribution in [0.4, 0.5) is 14.5 Å². The van der Waals surface area contributed by atoms with Gasteiger partial charge in [-0.05, 0) is 24.3 Å². The molecule has 0 atom stereocenters. The Kier molecular flexibility index (Phi) is 4.90. The van der Waals surface area contributed by atoms with E-state index in [1.807, 2.05) is 6.92 Å². The van der Waals surface area contributed by atoms with Gasteiger partial charge < -0.3 is 0 Å². The van der Waals surface area contributed by atoms with Crippen LogP contribution in [-0.2, 0) is 16.4 Å². The van der Waals surface area contributed by atoms with Crippen LogP contribution in [0, 0.1) is 11.6 Å². The molecule has 26 heavy (non-hydrogen) atoms. The van der Waals surface area contributed by atoms with Crippen molar-refractivity contribution in [3.8, 4) is 11.1 Å². The highest BCUT2D eigenvalue weighted by Gasteiger charge is 2.17. The van der Waals surface area contributed by atoms with Crippen LogP contribution in [-0.4, -0.2) is 23.4 Å². The largest absolute Gasteiger partial charge is 0.279 e. The lowest BCUT2D eigenvalue weighted by molar-refractivity contribution is 0.509. The maximum absolute atomic E-state index is 13.2. The number of anilines is 1. The Morgan fingerprint density at radius 3 is 2.19 bits per heavy atom. The van der Waals surface area contributed by atoms with Gasteiger partial charge in [-0.15, -0.1) is 0 Å². The first kappa shape index (κ1) is 17.9. The molecule has 1 N–H and O–H groups in total. The van der Waals surface area contributed by atoms with Gasteiger partial charge in [0.05, 0.1) is 5.69 Å². The summed E-state index contributed by atoms with van der Waals surface area (Å²) in [5.74, 6) is -1.51. The minimum Gasteiger partial charge on any atom is -0.278 e. The van der Waals surface area contributed by atoms with Crippen LogP contribution in [0.25, 0.3) is 11.1 Å². The van der Waals surface area contributed by atoms with Gasteiger partial charge in [-0.2, -0.15) is 8.42 Å². The molecule has 3 aromatic rings. The summed E-state index contributed by atoms with van der Waals surface area (Å²) in [6, 6.07) is 5.59. The Bertz CT molecular complexity index is 1020. The van der Waals surface area contributed by atoms with E-state index in [0.29, 0.717) is 23.4 Å². The van der Waals surface area contributed by atoms with E-state index in [1.54, 1.807) is 18.5 Å². The average molecular weight is 376 g/mol. The van der Waals surface area contributed by atoms with E-state index in [0.717, 1.165) is 18.2 Å². The molecule has 0 amide bonds. The predicted molar refractivity (Wildman–Crippen MR) is 91.8 cm³/mol. The van der Waals surface area contributed by atoms with Crippen molar-refractivity contribution < 1.29 is 17.2 Å². The third-order valence-electron chi connectivity index (χ3n) is 3.54. The molecule has 3 rings (SSSR count). The monoisotopic (exact) mass is 376 g/mol. The first-order chi connectivity index (χ1) is 12.4. The van der Waals surface area contributed by atoms with E-state index in [4.69, 9.17) is 0 Å². The lowest BCUT2D eigenvalue weighted by Gasteiger charge is -2.08. The summed E-state index contributed by atoms with van der Waals surface area (Å²) in [5.41, 5.74) is 1.25. The number of hydrogen-bond donors (Lipinski definition) is 1. The molecule has 2 heterocycles. The Morgan fingerprint density at radius 1 is 0.923 bits per heavy atom. The van der Waals surface area contributed by atoms with E-state index in [9.17, 15) is 17.2 Å². The van der Waals surface area contributed by atoms with Crippen LogP contribution in [0.15, 0.2) is 53.9 Å². The van der Waals surface area contributed by atoms with Crippen molar-refractivity contribution in [3.63, 3.8) is 0 Å². The minimum absolute atomic E-state index is 0.0988. The Hall–Kier alpha value is -2.94. The van der Waals surface area contributed by atoms with E-state index in [1.165, 1.54) is 12.3 Å². The summed E-state index contributed by atoms with van der Waals surface area (Å²) in [6.07, 6.45) is 5.36. The number of nitrogens with zero attached hydrogens (tertiary/aromatic N) is 3. The summed E-state index contributed by atoms with van der Waals surface area (Å²) < 4.78 is 52.9. The third-order valence-corrected chi connectivity index (χ3v) is 4.83. The molecule has 0 spiro atoms. The molecule has 0 fully saturated rings. The first-order valence-electron chi connectivity index (χ1n) is 7.64. The summed E-state index contributed by atoms with van der Waals surface area (Å²) in [7, 11) is -4.03. The Balaban J connectivity index is 1.82. The zero-order valence-corrected chi connectivity index (χ0v) is 14.5. The molecule has 1 aromatic carbocycles. The number of aryl methyl sites for hydroxylation is 1. The van der Waals surface area contributed by atoms with Crippen molar-refractivity contribution in [1.82, 2.24) is 15.0 Å². The van der Waals surface area contributed by atoms with Gasteiger partial charge in [-0.3, -0.25) is 4.72 Å². The molecule has 0 saturated heterocycles. The van der Waals surface area contributed by atoms with Gasteiger partial charge in [0, 0.05) is 42.2 Å². The molecule has 0 radical (unpaired) electrons. The highest BCUT2D eigenvalue weighted by molar-refractivity contribution is 7.92. The third kappa shape index (κ3) is 3.83. The number of aromatic nitrogens is 3. The smallest absolute Gasteiger partial charge is 0.278 e. The maximum atomic E-state index is 13.2. The molecule has 2 aromatic heterocycles. The summed E-state index contributed by atoms with van der Waals surface area (Å²) in [4.78, 5) is 12.3. The van der Waals surface area contributed by atoms with E-state index < -0.39 is 21.7 Å². The lowest BCUT2D eigenvalue weighted by atomic mass is 10.1. The van der Waals surface area contributed by atoms with E-state index in [-0.39, 0.29) is 10.7 Å². The van der Waals surface area contributed by atoms with Crippen LogP contribution >= 0.6 is 0 Å². The average Bonchev–Trinajstić information content (AvgIpc) is 2.65. The molecular weight excluding hydrogens is 362 g/mol. The van der Waals surface area contributed by atoms with Gasteiger partial charge in [0.25, 0.3) is 10.0 Å². The molecule has 0 aliphatic carbocycles. The van der Waals surface area contributed by atoms with Crippen LogP contribution < -0.4 is 4.72 Å². The summed E-state index contributed by atoms with van der Waals surface area (Å²) in [6.45, 7) is 1.94. The highest BCUT2D eigenvalue weighted by atomic mass is 32.2. The maximum Gasteiger partial charge on any atom is 0.279 e. The zero-order valence-electron chi connectivity index (χ0n) is 13.6. The second kappa shape index (κ2) is 7.12. The van der Waals surface area contributed by atoms with Crippen LogP contribution in [0.5, 0.6) is 0 Å². The molecule has 0 saturated carbocycles. The van der Waals surface area contributed by atoms with Gasteiger partial charge in [0.1, 0.15) is 5.82 Å². The quantitative estimate of drug-likeness (QED) is 0.739. The van der Waals surface area contributed by atoms with E-state index >= 15 is 0 Å². The number of hydrogen-bond acceptors (Lipinski definition) is 5. The number of sulfonamides is 1. The summed E-state index contributed by atoms with van der Waals surface area (Å²) in [5, 5.41) is -0.253. The van der Waals surface area contributed by atoms with Gasteiger partial charge in [0.2, 0.25) is 0 Å². The minimum atomic E-state index is -4.03. The fourth-order valence-electron chi connectivity index (χ4n) is 2.16. The van der Waals surface area contributed by atoms with Gasteiger partial charge in [0.15, 0.2) is 16.7 Å². The van der Waals surface area contributed by atoms with Crippen molar-refractivity contribution >= 4 is 15.7 Å². The molecule has 134 valence electrons. The SMILES string of the molecule is CCc1ncc(-c2ccc(S(=O)(=O)Nc3ccc(F)c(F)c3)nc2)cn1. The molecule has 6 nitrogen and oxygen atoms in total. The number of halogens is 2. The number of rotatable bonds is 5. The van der Waals surface area contributed by atoms with Gasteiger partial charge in [-0.25, -0.2) is 23.7 Å². The molecule has 0 bridgehead atoms. The second-order valence-electron chi connectivity index (χ2n) is 5.36. The Labute approximate surface area is 149 Å². The van der Waals surface area contributed by atoms with Crippen LogP contribution in [0.3, 0.4) is 0 Å². The van der Waals surface area contributed by atoms with E-state index in [2.05, 4.69) is 19.7 Å². The molecular formula is C17H14F2N4O2S. The van der Waals surface area contributed by atoms with Crippen molar-refractivity contribution in [2.24, 2.45) is 0 Å². The first-order valence-corrected chi connectivity index (χ1v) is 9.12. The van der Waals surface area contributed by atoms with Gasteiger partial charge >= 0.3 is 0 Å². The van der Waals surface area contributed by atoms with Crippen molar-refractivity contribution in [2.75, 3.05) is 4.72 Å². The van der Waals surface area contributed by atoms with Crippen molar-refractivity contribution in [3.05, 3.63) is 66.4 Å². The molecule has 0 aliphatic rings. The van der Waals surface area contributed by atoms with Crippen molar-refractivity contribution in [1.29, 1.82) is 0 Å². The predicted octanol–water partition coefficient (Wildman–Crippen LogP) is 3.18. The normalized spacial score (nSPS) is 11.3. The molecule has 9 heteroatoms. The fourth-order valence-corrected chi connectivity index (χ4v) is 3.14. The Morgan fingerprint density at radius 2 is 1.62 bits per heavy atom. The van der Waals surface area contributed by atoms with Gasteiger partial charge in [-0.1, -0.05) is 6.92 Å². The number of pyridine rings is 1. The summed E-state index contributed by atoms with van der Waals surface area (Å²) >= 11 is 0. The topological polar surface area (TPSA) is 84.8 Å². The lowest BCUT2D eigenvalue weighted by Crippen LogP contribution is -2.14. The zero-order chi connectivity index (χ0) is 18.7. The molecule has 0 unspecified atom stereocenters. The fraction of sp³-hybridized carbons (Fsp3) is 0.118. The van der Waals surface area contributed by atoms with Crippen LogP contribution in [0.2, 0.25) is 0 Å². The highest BCUT2D eigenvalue weighted by Crippen LogP contribution is 2.20. The van der Waals surface area contributed by atoms with Crippen molar-refractivity contribution in [2.45, 2.75) is 18.4 Å². The number of benzene rings is 1. The molecule has 0 aliphatic heterocycles. The second-order valence-corrected chi connectivity index (χ2v) is 6.99. The standard InChI is InChI=1S/C17H14F2N4O2S/c1-2-16-20-9-12(10-21-16)11-3-6-17(22-8-11)26(24,25)23-13-4-5-14(18)15(19)7-13/h3-10,23H,2H2,1H3.